The third-order valence-electron chi connectivity index (χ3n) is 1.90. The zero-order chi connectivity index (χ0) is 9.84. The summed E-state index contributed by atoms with van der Waals surface area (Å²) < 4.78 is 0. The molecule has 0 bridgehead atoms. The lowest BCUT2D eigenvalue weighted by Gasteiger charge is -2.16. The van der Waals surface area contributed by atoms with E-state index in [4.69, 9.17) is 16.7 Å². The van der Waals surface area contributed by atoms with Gasteiger partial charge in [0.05, 0.1) is 11.6 Å². The van der Waals surface area contributed by atoms with Crippen LogP contribution in [0.5, 0.6) is 0 Å². The van der Waals surface area contributed by atoms with Crippen LogP contribution >= 0.6 is 11.6 Å². The van der Waals surface area contributed by atoms with E-state index in [1.54, 1.807) is 12.3 Å². The summed E-state index contributed by atoms with van der Waals surface area (Å²) in [6.45, 7) is 2.85. The highest BCUT2D eigenvalue weighted by Crippen LogP contribution is 2.22. The van der Waals surface area contributed by atoms with Crippen LogP contribution in [0.2, 0.25) is 5.02 Å². The summed E-state index contributed by atoms with van der Waals surface area (Å²) in [7, 11) is 1.92. The van der Waals surface area contributed by atoms with Gasteiger partial charge in [0.25, 0.3) is 0 Å². The van der Waals surface area contributed by atoms with Crippen molar-refractivity contribution < 1.29 is 5.11 Å². The van der Waals surface area contributed by atoms with Crippen molar-refractivity contribution in [3.8, 4) is 0 Å². The van der Waals surface area contributed by atoms with E-state index in [0.717, 1.165) is 17.9 Å². The van der Waals surface area contributed by atoms with Gasteiger partial charge in [-0.3, -0.25) is 0 Å². The van der Waals surface area contributed by atoms with Gasteiger partial charge in [0.15, 0.2) is 0 Å². The lowest BCUT2D eigenvalue weighted by atomic mass is 10.3. The fraction of sp³-hybridized carbons (Fsp3) is 0.444. The summed E-state index contributed by atoms with van der Waals surface area (Å²) in [5, 5.41) is 9.42. The number of hydrogen-bond acceptors (Lipinski definition) is 3. The van der Waals surface area contributed by atoms with Gasteiger partial charge in [-0.1, -0.05) is 11.6 Å². The molecule has 0 aliphatic rings. The number of aromatic nitrogens is 1. The minimum absolute atomic E-state index is 0.0250. The molecule has 4 heteroatoms. The predicted octanol–water partition coefficient (Wildman–Crippen LogP) is 1.68. The number of hydrogen-bond donors (Lipinski definition) is 1. The first-order valence-electron chi connectivity index (χ1n) is 4.15. The number of anilines is 1. The zero-order valence-corrected chi connectivity index (χ0v) is 8.54. The van der Waals surface area contributed by atoms with E-state index in [-0.39, 0.29) is 6.61 Å². The lowest BCUT2D eigenvalue weighted by Crippen LogP contribution is -2.17. The summed E-state index contributed by atoms with van der Waals surface area (Å²) in [5.41, 5.74) is 0.734. The number of aliphatic hydroxyl groups is 1. The molecule has 0 saturated carbocycles. The summed E-state index contributed by atoms with van der Waals surface area (Å²) in [6, 6.07) is 1.73. The van der Waals surface area contributed by atoms with Crippen molar-refractivity contribution in [3.63, 3.8) is 0 Å². The predicted molar refractivity (Wildman–Crippen MR) is 54.1 cm³/mol. The lowest BCUT2D eigenvalue weighted by molar-refractivity contribution is 0.281. The van der Waals surface area contributed by atoms with Crippen LogP contribution in [0.1, 0.15) is 12.5 Å². The summed E-state index contributed by atoms with van der Waals surface area (Å²) in [6.07, 6.45) is 1.63. The third kappa shape index (κ3) is 2.32. The first kappa shape index (κ1) is 10.3. The molecule has 0 unspecified atom stereocenters. The number of nitrogens with zero attached hydrogens (tertiary/aromatic N) is 2. The SMILES string of the molecule is CCN(C)c1ncc(CO)cc1Cl. The molecule has 0 saturated heterocycles. The Morgan fingerprint density at radius 2 is 2.31 bits per heavy atom. The van der Waals surface area contributed by atoms with E-state index < -0.39 is 0 Å². The molecule has 0 atom stereocenters. The van der Waals surface area contributed by atoms with E-state index in [2.05, 4.69) is 4.98 Å². The fourth-order valence-electron chi connectivity index (χ4n) is 0.987. The molecule has 0 amide bonds. The minimum Gasteiger partial charge on any atom is -0.392 e. The van der Waals surface area contributed by atoms with Gasteiger partial charge in [0.1, 0.15) is 5.82 Å². The molecule has 0 radical (unpaired) electrons. The van der Waals surface area contributed by atoms with Crippen LogP contribution in [0.25, 0.3) is 0 Å². The molecule has 1 rings (SSSR count). The Hall–Kier alpha value is -0.800. The number of pyridine rings is 1. The summed E-state index contributed by atoms with van der Waals surface area (Å²) in [5.74, 6) is 0.751. The smallest absolute Gasteiger partial charge is 0.147 e. The molecule has 0 spiro atoms. The Morgan fingerprint density at radius 1 is 1.62 bits per heavy atom. The average molecular weight is 201 g/mol. The molecule has 0 aliphatic heterocycles. The van der Waals surface area contributed by atoms with Crippen molar-refractivity contribution in [2.75, 3.05) is 18.5 Å². The second kappa shape index (κ2) is 4.44. The van der Waals surface area contributed by atoms with Gasteiger partial charge in [0.2, 0.25) is 0 Å². The molecular weight excluding hydrogens is 188 g/mol. The van der Waals surface area contributed by atoms with Gasteiger partial charge in [-0.25, -0.2) is 4.98 Å². The van der Waals surface area contributed by atoms with Crippen LogP contribution in [-0.2, 0) is 6.61 Å². The minimum atomic E-state index is -0.0250. The maximum atomic E-state index is 8.84. The van der Waals surface area contributed by atoms with E-state index in [9.17, 15) is 0 Å². The molecule has 1 aromatic rings. The van der Waals surface area contributed by atoms with Crippen LogP contribution in [-0.4, -0.2) is 23.7 Å². The van der Waals surface area contributed by atoms with Crippen molar-refractivity contribution in [2.45, 2.75) is 13.5 Å². The molecule has 3 nitrogen and oxygen atoms in total. The Balaban J connectivity index is 2.98. The van der Waals surface area contributed by atoms with Crippen molar-refractivity contribution in [2.24, 2.45) is 0 Å². The highest BCUT2D eigenvalue weighted by atomic mass is 35.5. The van der Waals surface area contributed by atoms with Crippen LogP contribution in [0.4, 0.5) is 5.82 Å². The molecule has 1 N–H and O–H groups in total. The third-order valence-corrected chi connectivity index (χ3v) is 2.18. The van der Waals surface area contributed by atoms with Crippen LogP contribution in [0.3, 0.4) is 0 Å². The largest absolute Gasteiger partial charge is 0.392 e. The second-order valence-corrected chi connectivity index (χ2v) is 3.23. The Bertz CT molecular complexity index is 291. The molecular formula is C9H13ClN2O. The molecule has 1 aromatic heterocycles. The average Bonchev–Trinajstić information content (AvgIpc) is 2.16. The highest BCUT2D eigenvalue weighted by Gasteiger charge is 2.06. The first-order valence-corrected chi connectivity index (χ1v) is 4.53. The Kier molecular flexibility index (Phi) is 3.51. The van der Waals surface area contributed by atoms with Gasteiger partial charge in [-0.15, -0.1) is 0 Å². The van der Waals surface area contributed by atoms with E-state index >= 15 is 0 Å². The van der Waals surface area contributed by atoms with Crippen molar-refractivity contribution in [1.29, 1.82) is 0 Å². The number of aliphatic hydroxyl groups excluding tert-OH is 1. The highest BCUT2D eigenvalue weighted by molar-refractivity contribution is 6.33. The molecule has 1 heterocycles. The first-order chi connectivity index (χ1) is 6.19. The molecule has 13 heavy (non-hydrogen) atoms. The number of rotatable bonds is 3. The summed E-state index contributed by atoms with van der Waals surface area (Å²) >= 11 is 5.97. The standard InChI is InChI=1S/C9H13ClN2O/c1-3-12(2)9-8(10)4-7(6-13)5-11-9/h4-5,13H,3,6H2,1-2H3. The second-order valence-electron chi connectivity index (χ2n) is 2.82. The van der Waals surface area contributed by atoms with Crippen molar-refractivity contribution in [3.05, 3.63) is 22.8 Å². The zero-order valence-electron chi connectivity index (χ0n) is 7.79. The van der Waals surface area contributed by atoms with Gasteiger partial charge in [-0.2, -0.15) is 0 Å². The Morgan fingerprint density at radius 3 is 2.77 bits per heavy atom. The van der Waals surface area contributed by atoms with Crippen molar-refractivity contribution in [1.82, 2.24) is 4.98 Å². The quantitative estimate of drug-likeness (QED) is 0.807. The maximum Gasteiger partial charge on any atom is 0.147 e. The summed E-state index contributed by atoms with van der Waals surface area (Å²) in [4.78, 5) is 6.10. The van der Waals surface area contributed by atoms with Gasteiger partial charge in [0, 0.05) is 19.8 Å². The van der Waals surface area contributed by atoms with Crippen LogP contribution < -0.4 is 4.90 Å². The molecule has 0 fully saturated rings. The van der Waals surface area contributed by atoms with Gasteiger partial charge >= 0.3 is 0 Å². The monoisotopic (exact) mass is 200 g/mol. The van der Waals surface area contributed by atoms with E-state index in [1.807, 2.05) is 18.9 Å². The Labute approximate surface area is 83.0 Å². The normalized spacial score (nSPS) is 10.2. The van der Waals surface area contributed by atoms with Gasteiger partial charge in [-0.05, 0) is 18.6 Å². The van der Waals surface area contributed by atoms with E-state index in [1.165, 1.54) is 0 Å². The van der Waals surface area contributed by atoms with Gasteiger partial charge < -0.3 is 10.0 Å². The van der Waals surface area contributed by atoms with Crippen LogP contribution in [0, 0.1) is 0 Å². The topological polar surface area (TPSA) is 36.4 Å². The molecule has 72 valence electrons. The molecule has 0 aromatic carbocycles. The van der Waals surface area contributed by atoms with Crippen LogP contribution in [0.15, 0.2) is 12.3 Å². The fourth-order valence-corrected chi connectivity index (χ4v) is 1.32. The number of halogens is 1. The molecule has 0 aliphatic carbocycles. The van der Waals surface area contributed by atoms with Crippen molar-refractivity contribution >= 4 is 17.4 Å². The van der Waals surface area contributed by atoms with E-state index in [0.29, 0.717) is 5.02 Å². The maximum absolute atomic E-state index is 8.84.